The largest absolute Gasteiger partial charge is 0.396 e. The van der Waals surface area contributed by atoms with Crippen molar-refractivity contribution in [3.63, 3.8) is 0 Å². The van der Waals surface area contributed by atoms with Crippen molar-refractivity contribution < 1.29 is 5.11 Å². The molecule has 0 bridgehead atoms. The molecule has 2 heterocycles. The molecule has 1 fully saturated rings. The van der Waals surface area contributed by atoms with Gasteiger partial charge in [0.1, 0.15) is 0 Å². The second-order valence-corrected chi connectivity index (χ2v) is 8.22. The van der Waals surface area contributed by atoms with E-state index in [0.29, 0.717) is 18.4 Å². The lowest BCUT2D eigenvalue weighted by Gasteiger charge is -2.18. The summed E-state index contributed by atoms with van der Waals surface area (Å²) in [6, 6.07) is 4.75. The summed E-state index contributed by atoms with van der Waals surface area (Å²) in [7, 11) is 0. The molecule has 0 amide bonds. The molecule has 3 aliphatic rings. The zero-order valence-corrected chi connectivity index (χ0v) is 17.4. The van der Waals surface area contributed by atoms with E-state index in [4.69, 9.17) is 5.11 Å². The lowest BCUT2D eigenvalue weighted by atomic mass is 10.1. The molecule has 160 valence electrons. The van der Waals surface area contributed by atoms with E-state index in [-0.39, 0.29) is 12.3 Å². The van der Waals surface area contributed by atoms with Gasteiger partial charge in [-0.15, -0.1) is 0 Å². The van der Waals surface area contributed by atoms with Crippen LogP contribution in [0.25, 0.3) is 22.6 Å². The molecule has 30 heavy (non-hydrogen) atoms. The van der Waals surface area contributed by atoms with Crippen LogP contribution in [0.2, 0.25) is 0 Å². The predicted molar refractivity (Wildman–Crippen MR) is 116 cm³/mol. The number of hydrogen-bond donors (Lipinski definition) is 3. The van der Waals surface area contributed by atoms with Gasteiger partial charge in [-0.2, -0.15) is 4.98 Å². The average molecular weight is 412 g/mol. The number of aliphatic hydroxyl groups excluding tert-OH is 1. The minimum absolute atomic E-state index is 0.200. The Morgan fingerprint density at radius 2 is 1.90 bits per heavy atom. The zero-order chi connectivity index (χ0) is 21.1. The van der Waals surface area contributed by atoms with Crippen LogP contribution in [-0.4, -0.2) is 37.3 Å². The van der Waals surface area contributed by atoms with Gasteiger partial charge in [0, 0.05) is 25.7 Å². The van der Waals surface area contributed by atoms with E-state index in [1.54, 1.807) is 0 Å². The number of nitrogens with zero attached hydrogens (tertiary/aromatic N) is 3. The first kappa shape index (κ1) is 20.7. The Labute approximate surface area is 174 Å². The fourth-order valence-corrected chi connectivity index (χ4v) is 3.86. The summed E-state index contributed by atoms with van der Waals surface area (Å²) in [5.41, 5.74) is 3.01. The van der Waals surface area contributed by atoms with Gasteiger partial charge in [-0.3, -0.25) is 9.78 Å². The number of benzene rings is 1. The molecule has 1 aromatic rings. The predicted octanol–water partition coefficient (Wildman–Crippen LogP) is 2.09. The fraction of sp³-hybridized carbons (Fsp3) is 0.545. The highest BCUT2D eigenvalue weighted by atomic mass is 16.3. The number of hydrogen-bond acceptors (Lipinski definition) is 6. The number of aromatic nitrogens is 4. The minimum atomic E-state index is -0.645. The van der Waals surface area contributed by atoms with Gasteiger partial charge in [-0.1, -0.05) is 19.3 Å². The first-order chi connectivity index (χ1) is 14.6. The Hall–Kier alpha value is -2.58. The second-order valence-electron chi connectivity index (χ2n) is 8.22. The lowest BCUT2D eigenvalue weighted by molar-refractivity contribution is 0.282. The van der Waals surface area contributed by atoms with E-state index in [9.17, 15) is 9.59 Å². The topological polar surface area (TPSA) is 113 Å². The monoisotopic (exact) mass is 411 g/mol. The Balaban J connectivity index is 1.73. The summed E-state index contributed by atoms with van der Waals surface area (Å²) >= 11 is 0. The van der Waals surface area contributed by atoms with Gasteiger partial charge >= 0.3 is 5.69 Å². The van der Waals surface area contributed by atoms with Gasteiger partial charge in [-0.25, -0.2) is 9.78 Å². The molecule has 0 spiro atoms. The van der Waals surface area contributed by atoms with Gasteiger partial charge in [-0.05, 0) is 55.9 Å². The first-order valence-electron chi connectivity index (χ1n) is 10.8. The average Bonchev–Trinajstić information content (AvgIpc) is 3.53. The SMILES string of the molecule is Cc1cc2nc3c(=O)[nH]c(=O)nc-3n(CCCCCCCO)c2cc1CNC1CC1. The highest BCUT2D eigenvalue weighted by Gasteiger charge is 2.22. The molecular formula is C22H29N5O3. The quantitative estimate of drug-likeness (QED) is 0.348. The van der Waals surface area contributed by atoms with Crippen LogP contribution in [-0.2, 0) is 13.1 Å². The molecule has 0 saturated heterocycles. The van der Waals surface area contributed by atoms with Crippen molar-refractivity contribution in [2.45, 2.75) is 71.0 Å². The third-order valence-corrected chi connectivity index (χ3v) is 5.76. The molecule has 4 rings (SSSR count). The smallest absolute Gasteiger partial charge is 0.349 e. The van der Waals surface area contributed by atoms with Crippen LogP contribution in [0.1, 0.15) is 56.1 Å². The summed E-state index contributed by atoms with van der Waals surface area (Å²) in [4.78, 5) is 35.1. The number of aryl methyl sites for hydroxylation is 2. The number of H-pyrrole nitrogens is 1. The number of rotatable bonds is 10. The minimum Gasteiger partial charge on any atom is -0.396 e. The normalized spacial score (nSPS) is 14.1. The summed E-state index contributed by atoms with van der Waals surface area (Å²) < 4.78 is 1.97. The molecule has 8 nitrogen and oxygen atoms in total. The van der Waals surface area contributed by atoms with Crippen LogP contribution in [0, 0.1) is 6.92 Å². The molecule has 0 unspecified atom stereocenters. The summed E-state index contributed by atoms with van der Waals surface area (Å²) in [6.07, 6.45) is 7.23. The molecule has 0 aromatic heterocycles. The van der Waals surface area contributed by atoms with Crippen molar-refractivity contribution in [1.82, 2.24) is 24.8 Å². The highest BCUT2D eigenvalue weighted by Crippen LogP contribution is 2.26. The summed E-state index contributed by atoms with van der Waals surface area (Å²) in [5.74, 6) is 0.344. The molecule has 1 aromatic carbocycles. The molecule has 1 aliphatic carbocycles. The maximum Gasteiger partial charge on any atom is 0.349 e. The van der Waals surface area contributed by atoms with E-state index in [1.165, 1.54) is 18.4 Å². The van der Waals surface area contributed by atoms with Crippen molar-refractivity contribution in [2.24, 2.45) is 0 Å². The van der Waals surface area contributed by atoms with Crippen LogP contribution < -0.4 is 16.6 Å². The van der Waals surface area contributed by atoms with Crippen LogP contribution in [0.5, 0.6) is 0 Å². The molecule has 1 saturated carbocycles. The van der Waals surface area contributed by atoms with Crippen LogP contribution in [0.3, 0.4) is 0 Å². The molecule has 2 aliphatic heterocycles. The first-order valence-corrected chi connectivity index (χ1v) is 10.8. The van der Waals surface area contributed by atoms with Gasteiger partial charge in [0.05, 0.1) is 11.0 Å². The number of nitrogens with one attached hydrogen (secondary N) is 2. The third kappa shape index (κ3) is 4.60. The van der Waals surface area contributed by atoms with E-state index >= 15 is 0 Å². The molecule has 0 radical (unpaired) electrons. The van der Waals surface area contributed by atoms with Crippen molar-refractivity contribution in [3.8, 4) is 11.5 Å². The molecule has 8 heteroatoms. The fourth-order valence-electron chi connectivity index (χ4n) is 3.86. The number of unbranched alkanes of at least 4 members (excludes halogenated alkanes) is 4. The van der Waals surface area contributed by atoms with E-state index in [2.05, 4.69) is 33.3 Å². The van der Waals surface area contributed by atoms with E-state index in [0.717, 1.165) is 55.2 Å². The van der Waals surface area contributed by atoms with Gasteiger partial charge in [0.2, 0.25) is 0 Å². The molecule has 3 N–H and O–H groups in total. The Morgan fingerprint density at radius 1 is 1.13 bits per heavy atom. The Kier molecular flexibility index (Phi) is 6.24. The summed E-state index contributed by atoms with van der Waals surface area (Å²) in [5, 5.41) is 12.5. The van der Waals surface area contributed by atoms with Gasteiger partial charge in [0.15, 0.2) is 11.5 Å². The van der Waals surface area contributed by atoms with Crippen LogP contribution >= 0.6 is 0 Å². The summed E-state index contributed by atoms with van der Waals surface area (Å²) in [6.45, 7) is 3.73. The van der Waals surface area contributed by atoms with Crippen LogP contribution in [0.15, 0.2) is 21.7 Å². The van der Waals surface area contributed by atoms with Crippen molar-refractivity contribution >= 4 is 11.0 Å². The molecular weight excluding hydrogens is 382 g/mol. The molecule has 0 atom stereocenters. The van der Waals surface area contributed by atoms with Gasteiger partial charge < -0.3 is 15.0 Å². The maximum atomic E-state index is 12.4. The van der Waals surface area contributed by atoms with Crippen molar-refractivity contribution in [2.75, 3.05) is 6.61 Å². The van der Waals surface area contributed by atoms with E-state index in [1.807, 2.05) is 10.6 Å². The maximum absolute atomic E-state index is 12.4. The van der Waals surface area contributed by atoms with Crippen molar-refractivity contribution in [3.05, 3.63) is 44.1 Å². The van der Waals surface area contributed by atoms with Gasteiger partial charge in [0.25, 0.3) is 5.56 Å². The van der Waals surface area contributed by atoms with E-state index < -0.39 is 11.2 Å². The van der Waals surface area contributed by atoms with Crippen LogP contribution in [0.4, 0.5) is 0 Å². The highest BCUT2D eigenvalue weighted by molar-refractivity contribution is 5.81. The second kappa shape index (κ2) is 9.06. The standard InChI is InChI=1S/C22H29N5O3/c1-14-11-17-18(12-15(14)13-23-16-7-8-16)27(9-5-3-2-4-6-10-28)20-19(24-17)21(29)26-22(30)25-20/h11-12,16,23,28H,2-10,13H2,1H3,(H,26,29,30). The zero-order valence-electron chi connectivity index (χ0n) is 17.4. The van der Waals surface area contributed by atoms with Crippen molar-refractivity contribution in [1.29, 1.82) is 0 Å². The lowest BCUT2D eigenvalue weighted by Crippen LogP contribution is -2.29. The Morgan fingerprint density at radius 3 is 2.67 bits per heavy atom. The number of aromatic amines is 1. The third-order valence-electron chi connectivity index (χ3n) is 5.76. The number of fused-ring (bicyclic) bond motifs is 2. The Bertz CT molecular complexity index is 1120. The number of aliphatic hydroxyl groups is 1.